The third-order valence-corrected chi connectivity index (χ3v) is 6.20. The Morgan fingerprint density at radius 2 is 2.12 bits per heavy atom. The summed E-state index contributed by atoms with van der Waals surface area (Å²) in [5, 5.41) is 5.09. The highest BCUT2D eigenvalue weighted by Gasteiger charge is 2.28. The van der Waals surface area contributed by atoms with Gasteiger partial charge in [-0.3, -0.25) is 9.59 Å². The first-order chi connectivity index (χ1) is 12.6. The number of amides is 2. The number of carbonyl (C=O) groups excluding carboxylic acids is 2. The molecule has 1 fully saturated rings. The van der Waals surface area contributed by atoms with Crippen LogP contribution in [-0.2, 0) is 17.8 Å². The molecule has 0 bridgehead atoms. The van der Waals surface area contributed by atoms with Crippen molar-refractivity contribution in [3.05, 3.63) is 44.8 Å². The highest BCUT2D eigenvalue weighted by atomic mass is 79.9. The average molecular weight is 438 g/mol. The number of aromatic nitrogens is 1. The van der Waals surface area contributed by atoms with Crippen molar-refractivity contribution in [2.75, 3.05) is 19.6 Å². The first-order valence-corrected chi connectivity index (χ1v) is 10.7. The molecule has 0 spiro atoms. The van der Waals surface area contributed by atoms with Crippen LogP contribution in [0.25, 0.3) is 0 Å². The zero-order valence-electron chi connectivity index (χ0n) is 14.9. The van der Waals surface area contributed by atoms with Crippen molar-refractivity contribution in [3.8, 4) is 0 Å². The molecular formula is C19H24BrN3O2S. The van der Waals surface area contributed by atoms with Gasteiger partial charge in [-0.05, 0) is 59.6 Å². The minimum atomic E-state index is 0.00656. The lowest BCUT2D eigenvalue weighted by atomic mass is 9.95. The van der Waals surface area contributed by atoms with E-state index in [2.05, 4.69) is 32.7 Å². The zero-order valence-corrected chi connectivity index (χ0v) is 17.3. The van der Waals surface area contributed by atoms with Crippen molar-refractivity contribution in [3.63, 3.8) is 0 Å². The summed E-state index contributed by atoms with van der Waals surface area (Å²) in [5.74, 6) is 0.175. The molecule has 0 unspecified atom stereocenters. The number of halogens is 1. The largest absolute Gasteiger partial charge is 0.355 e. The Morgan fingerprint density at radius 3 is 2.77 bits per heavy atom. The molecule has 2 aromatic heterocycles. The van der Waals surface area contributed by atoms with E-state index in [0.717, 1.165) is 30.3 Å². The van der Waals surface area contributed by atoms with E-state index in [1.807, 2.05) is 34.7 Å². The molecule has 26 heavy (non-hydrogen) atoms. The molecule has 1 aliphatic heterocycles. The monoisotopic (exact) mass is 437 g/mol. The van der Waals surface area contributed by atoms with Gasteiger partial charge in [0.05, 0.1) is 0 Å². The van der Waals surface area contributed by atoms with Crippen LogP contribution in [0.5, 0.6) is 0 Å². The first kappa shape index (κ1) is 19.2. The van der Waals surface area contributed by atoms with Gasteiger partial charge in [0.1, 0.15) is 5.69 Å². The topological polar surface area (TPSA) is 54.3 Å². The van der Waals surface area contributed by atoms with E-state index in [1.54, 1.807) is 11.3 Å². The van der Waals surface area contributed by atoms with Crippen LogP contribution in [0, 0.1) is 5.92 Å². The van der Waals surface area contributed by atoms with Gasteiger partial charge in [0.2, 0.25) is 5.91 Å². The molecule has 140 valence electrons. The summed E-state index contributed by atoms with van der Waals surface area (Å²) in [5.41, 5.74) is 0.707. The van der Waals surface area contributed by atoms with Crippen molar-refractivity contribution in [2.45, 2.75) is 32.7 Å². The molecule has 7 heteroatoms. The van der Waals surface area contributed by atoms with E-state index in [9.17, 15) is 9.59 Å². The van der Waals surface area contributed by atoms with Crippen LogP contribution in [0.1, 0.15) is 35.1 Å². The van der Waals surface area contributed by atoms with Gasteiger partial charge >= 0.3 is 0 Å². The summed E-state index contributed by atoms with van der Waals surface area (Å²) in [4.78, 5) is 28.3. The van der Waals surface area contributed by atoms with Gasteiger partial charge < -0.3 is 14.8 Å². The second kappa shape index (κ2) is 8.86. The number of rotatable bonds is 6. The number of thiophene rings is 1. The van der Waals surface area contributed by atoms with E-state index in [-0.39, 0.29) is 17.7 Å². The maximum absolute atomic E-state index is 12.8. The van der Waals surface area contributed by atoms with Crippen LogP contribution < -0.4 is 5.32 Å². The average Bonchev–Trinajstić information content (AvgIpc) is 3.30. The van der Waals surface area contributed by atoms with E-state index in [4.69, 9.17) is 0 Å². The molecule has 1 saturated heterocycles. The predicted molar refractivity (Wildman–Crippen MR) is 107 cm³/mol. The lowest BCUT2D eigenvalue weighted by molar-refractivity contribution is -0.126. The molecule has 0 aliphatic carbocycles. The van der Waals surface area contributed by atoms with Crippen LogP contribution >= 0.6 is 27.3 Å². The van der Waals surface area contributed by atoms with Crippen molar-refractivity contribution in [1.82, 2.24) is 14.8 Å². The number of nitrogens with one attached hydrogen (secondary N) is 1. The molecule has 2 amide bonds. The fraction of sp³-hybridized carbons (Fsp3) is 0.474. The third-order valence-electron chi connectivity index (χ3n) is 4.83. The van der Waals surface area contributed by atoms with Gasteiger partial charge in [-0.2, -0.15) is 0 Å². The van der Waals surface area contributed by atoms with Crippen LogP contribution in [0.2, 0.25) is 0 Å². The molecule has 3 rings (SSSR count). The number of nitrogens with zero attached hydrogens (tertiary/aromatic N) is 2. The lowest BCUT2D eigenvalue weighted by Gasteiger charge is -2.31. The summed E-state index contributed by atoms with van der Waals surface area (Å²) in [7, 11) is 0. The second-order valence-electron chi connectivity index (χ2n) is 6.52. The van der Waals surface area contributed by atoms with Gasteiger partial charge in [-0.25, -0.2) is 0 Å². The van der Waals surface area contributed by atoms with Crippen molar-refractivity contribution in [1.29, 1.82) is 0 Å². The summed E-state index contributed by atoms with van der Waals surface area (Å²) >= 11 is 5.15. The number of hydrogen-bond donors (Lipinski definition) is 1. The van der Waals surface area contributed by atoms with E-state index < -0.39 is 0 Å². The summed E-state index contributed by atoms with van der Waals surface area (Å²) in [6.07, 6.45) is 4.26. The quantitative estimate of drug-likeness (QED) is 0.750. The maximum atomic E-state index is 12.8. The standard InChI is InChI=1S/C19H24BrN3O2S/c1-2-22-13-15(20)12-17(22)19(25)23-9-6-14(7-10-23)18(24)21-8-5-16-4-3-11-26-16/h3-4,11-14H,2,5-10H2,1H3,(H,21,24). The Kier molecular flexibility index (Phi) is 6.53. The second-order valence-corrected chi connectivity index (χ2v) is 8.46. The molecule has 1 aliphatic rings. The fourth-order valence-electron chi connectivity index (χ4n) is 3.33. The van der Waals surface area contributed by atoms with Crippen molar-refractivity contribution < 1.29 is 9.59 Å². The summed E-state index contributed by atoms with van der Waals surface area (Å²) in [6.45, 7) is 4.73. The minimum absolute atomic E-state index is 0.00656. The molecular weight excluding hydrogens is 414 g/mol. The number of carbonyl (C=O) groups is 2. The smallest absolute Gasteiger partial charge is 0.270 e. The van der Waals surface area contributed by atoms with Gasteiger partial charge in [0.25, 0.3) is 5.91 Å². The zero-order chi connectivity index (χ0) is 18.5. The Balaban J connectivity index is 1.47. The molecule has 3 heterocycles. The highest BCUT2D eigenvalue weighted by Crippen LogP contribution is 2.22. The van der Waals surface area contributed by atoms with E-state index >= 15 is 0 Å². The molecule has 0 saturated carbocycles. The molecule has 5 nitrogen and oxygen atoms in total. The Bertz CT molecular complexity index is 749. The van der Waals surface area contributed by atoms with E-state index in [0.29, 0.717) is 25.3 Å². The Hall–Kier alpha value is -1.60. The molecule has 0 atom stereocenters. The van der Waals surface area contributed by atoms with E-state index in [1.165, 1.54) is 4.88 Å². The minimum Gasteiger partial charge on any atom is -0.355 e. The number of aryl methyl sites for hydroxylation is 1. The van der Waals surface area contributed by atoms with Crippen molar-refractivity contribution in [2.24, 2.45) is 5.92 Å². The molecule has 1 N–H and O–H groups in total. The molecule has 0 radical (unpaired) electrons. The van der Waals surface area contributed by atoms with Crippen LogP contribution in [0.4, 0.5) is 0 Å². The predicted octanol–water partition coefficient (Wildman–Crippen LogP) is 3.54. The van der Waals surface area contributed by atoms with Gasteiger partial charge in [0, 0.05) is 47.6 Å². The summed E-state index contributed by atoms with van der Waals surface area (Å²) in [6, 6.07) is 5.99. The number of piperidine rings is 1. The lowest BCUT2D eigenvalue weighted by Crippen LogP contribution is -2.43. The first-order valence-electron chi connectivity index (χ1n) is 9.03. The van der Waals surface area contributed by atoms with Gasteiger partial charge in [-0.15, -0.1) is 11.3 Å². The Labute approximate surface area is 166 Å². The van der Waals surface area contributed by atoms with Crippen LogP contribution in [0.3, 0.4) is 0 Å². The Morgan fingerprint density at radius 1 is 1.35 bits per heavy atom. The van der Waals surface area contributed by atoms with Crippen LogP contribution in [0.15, 0.2) is 34.2 Å². The van der Waals surface area contributed by atoms with Crippen molar-refractivity contribution >= 4 is 39.1 Å². The third kappa shape index (κ3) is 4.57. The van der Waals surface area contributed by atoms with Gasteiger partial charge in [0.15, 0.2) is 0 Å². The highest BCUT2D eigenvalue weighted by molar-refractivity contribution is 9.10. The van der Waals surface area contributed by atoms with Gasteiger partial charge in [-0.1, -0.05) is 6.07 Å². The number of likely N-dealkylation sites (tertiary alicyclic amines) is 1. The SMILES string of the molecule is CCn1cc(Br)cc1C(=O)N1CCC(C(=O)NCCc2cccs2)CC1. The van der Waals surface area contributed by atoms with Crippen LogP contribution in [-0.4, -0.2) is 40.9 Å². The normalized spacial score (nSPS) is 15.2. The molecule has 2 aromatic rings. The fourth-order valence-corrected chi connectivity index (χ4v) is 4.50. The number of hydrogen-bond acceptors (Lipinski definition) is 3. The molecule has 0 aromatic carbocycles. The maximum Gasteiger partial charge on any atom is 0.270 e. The summed E-state index contributed by atoms with van der Waals surface area (Å²) < 4.78 is 2.87.